The van der Waals surface area contributed by atoms with Crippen molar-refractivity contribution < 1.29 is 23.5 Å². The molecule has 2 heterocycles. The van der Waals surface area contributed by atoms with Gasteiger partial charge < -0.3 is 14.4 Å². The van der Waals surface area contributed by atoms with Crippen LogP contribution in [0.1, 0.15) is 28.8 Å². The first kappa shape index (κ1) is 16.0. The highest BCUT2D eigenvalue weighted by Crippen LogP contribution is 2.23. The van der Waals surface area contributed by atoms with Crippen molar-refractivity contribution in [1.82, 2.24) is 4.90 Å². The number of rotatable bonds is 5. The number of halogens is 1. The first-order valence-corrected chi connectivity index (χ1v) is 7.58. The van der Waals surface area contributed by atoms with E-state index >= 15 is 0 Å². The fraction of sp³-hybridized carbons (Fsp3) is 0.222. The van der Waals surface area contributed by atoms with E-state index in [-0.39, 0.29) is 23.7 Å². The summed E-state index contributed by atoms with van der Waals surface area (Å²) in [5.74, 6) is -1.26. The first-order chi connectivity index (χ1) is 11.5. The van der Waals surface area contributed by atoms with Crippen LogP contribution in [0.25, 0.3) is 0 Å². The summed E-state index contributed by atoms with van der Waals surface area (Å²) in [5.41, 5.74) is 0.893. The third-order valence-corrected chi connectivity index (χ3v) is 3.96. The maximum Gasteiger partial charge on any atom is 0.289 e. The minimum atomic E-state index is -0.543. The van der Waals surface area contributed by atoms with E-state index in [2.05, 4.69) is 0 Å². The topological polar surface area (TPSA) is 70.8 Å². The zero-order valence-electron chi connectivity index (χ0n) is 13.1. The quantitative estimate of drug-likeness (QED) is 0.856. The summed E-state index contributed by atoms with van der Waals surface area (Å²) in [7, 11) is 0. The summed E-state index contributed by atoms with van der Waals surface area (Å²) in [6, 6.07) is 9.17. The molecule has 6 heteroatoms. The van der Waals surface area contributed by atoms with E-state index in [4.69, 9.17) is 4.42 Å². The van der Waals surface area contributed by atoms with E-state index in [1.54, 1.807) is 25.1 Å². The molecule has 2 aromatic rings. The van der Waals surface area contributed by atoms with Crippen LogP contribution in [0.3, 0.4) is 0 Å². The molecule has 1 amide bonds. The lowest BCUT2D eigenvalue weighted by Gasteiger charge is -2.11. The van der Waals surface area contributed by atoms with Gasteiger partial charge in [0.1, 0.15) is 11.6 Å². The van der Waals surface area contributed by atoms with Crippen LogP contribution in [0.5, 0.6) is 0 Å². The predicted octanol–water partition coefficient (Wildman–Crippen LogP) is 2.87. The molecule has 0 bridgehead atoms. The van der Waals surface area contributed by atoms with Gasteiger partial charge in [0.2, 0.25) is 5.78 Å². The van der Waals surface area contributed by atoms with Crippen LogP contribution in [0.2, 0.25) is 0 Å². The second kappa shape index (κ2) is 6.31. The van der Waals surface area contributed by atoms with Gasteiger partial charge in [-0.25, -0.2) is 4.39 Å². The van der Waals surface area contributed by atoms with Gasteiger partial charge in [0.05, 0.1) is 12.1 Å². The number of hydrogen-bond donors (Lipinski definition) is 1. The Bertz CT molecular complexity index is 820. The van der Waals surface area contributed by atoms with E-state index in [0.29, 0.717) is 18.7 Å². The van der Waals surface area contributed by atoms with E-state index in [0.717, 1.165) is 5.56 Å². The van der Waals surface area contributed by atoms with Crippen LogP contribution in [-0.2, 0) is 11.2 Å². The molecule has 0 atom stereocenters. The Morgan fingerprint density at radius 2 is 1.96 bits per heavy atom. The van der Waals surface area contributed by atoms with Gasteiger partial charge in [-0.15, -0.1) is 0 Å². The van der Waals surface area contributed by atoms with Crippen LogP contribution in [0.4, 0.5) is 4.39 Å². The van der Waals surface area contributed by atoms with Gasteiger partial charge in [0.15, 0.2) is 11.5 Å². The molecule has 24 heavy (non-hydrogen) atoms. The number of nitrogens with zero attached hydrogens (tertiary/aromatic N) is 1. The van der Waals surface area contributed by atoms with Crippen molar-refractivity contribution in [2.75, 3.05) is 13.1 Å². The summed E-state index contributed by atoms with van der Waals surface area (Å²) < 4.78 is 18.4. The van der Waals surface area contributed by atoms with Crippen molar-refractivity contribution in [2.45, 2.75) is 13.3 Å². The molecule has 0 unspecified atom stereocenters. The Hall–Kier alpha value is -2.89. The fourth-order valence-corrected chi connectivity index (χ4v) is 2.60. The molecule has 1 N–H and O–H groups in total. The standard InChI is InChI=1S/C18H16FNO4/c1-2-20-10-14(17(22)18(20)23)16(21)15-8-7-13(24-15)9-11-3-5-12(19)6-4-11/h3-8,22H,2,9-10H2,1H3. The molecule has 0 saturated heterocycles. The minimum Gasteiger partial charge on any atom is -0.503 e. The molecular formula is C18H16FNO4. The number of aliphatic hydroxyl groups is 1. The molecule has 0 radical (unpaired) electrons. The second-order valence-electron chi connectivity index (χ2n) is 5.54. The van der Waals surface area contributed by atoms with Crippen molar-refractivity contribution in [3.63, 3.8) is 0 Å². The number of hydrogen-bond acceptors (Lipinski definition) is 4. The van der Waals surface area contributed by atoms with Gasteiger partial charge >= 0.3 is 0 Å². The van der Waals surface area contributed by atoms with Crippen LogP contribution in [0, 0.1) is 5.82 Å². The van der Waals surface area contributed by atoms with Crippen LogP contribution in [-0.4, -0.2) is 34.8 Å². The molecule has 1 aromatic heterocycles. The molecule has 0 spiro atoms. The Balaban J connectivity index is 1.77. The average Bonchev–Trinajstić information content (AvgIpc) is 3.15. The zero-order chi connectivity index (χ0) is 17.3. The number of benzene rings is 1. The highest BCUT2D eigenvalue weighted by molar-refractivity contribution is 6.14. The molecule has 1 aromatic carbocycles. The Kier molecular flexibility index (Phi) is 4.20. The zero-order valence-corrected chi connectivity index (χ0v) is 13.1. The monoisotopic (exact) mass is 329 g/mol. The van der Waals surface area contributed by atoms with Crippen molar-refractivity contribution in [2.24, 2.45) is 0 Å². The number of carbonyl (C=O) groups excluding carboxylic acids is 2. The highest BCUT2D eigenvalue weighted by Gasteiger charge is 2.34. The maximum atomic E-state index is 12.9. The van der Waals surface area contributed by atoms with Crippen molar-refractivity contribution in [3.8, 4) is 0 Å². The molecule has 0 fully saturated rings. The van der Waals surface area contributed by atoms with E-state index < -0.39 is 17.4 Å². The number of likely N-dealkylation sites (N-methyl/N-ethyl adjacent to an activating group) is 1. The van der Waals surface area contributed by atoms with Crippen molar-refractivity contribution >= 4 is 11.7 Å². The molecule has 0 aliphatic carbocycles. The van der Waals surface area contributed by atoms with Gasteiger partial charge in [-0.05, 0) is 36.8 Å². The second-order valence-corrected chi connectivity index (χ2v) is 5.54. The predicted molar refractivity (Wildman–Crippen MR) is 84.2 cm³/mol. The molecule has 5 nitrogen and oxygen atoms in total. The summed E-state index contributed by atoms with van der Waals surface area (Å²) in [4.78, 5) is 25.6. The smallest absolute Gasteiger partial charge is 0.289 e. The molecular weight excluding hydrogens is 313 g/mol. The third kappa shape index (κ3) is 2.95. The van der Waals surface area contributed by atoms with Gasteiger partial charge in [0, 0.05) is 13.0 Å². The van der Waals surface area contributed by atoms with E-state index in [9.17, 15) is 19.1 Å². The summed E-state index contributed by atoms with van der Waals surface area (Å²) in [6.45, 7) is 2.26. The highest BCUT2D eigenvalue weighted by atomic mass is 19.1. The number of amides is 1. The SMILES string of the molecule is CCN1CC(C(=O)c2ccc(Cc3ccc(F)cc3)o2)=C(O)C1=O. The number of carbonyl (C=O) groups is 2. The summed E-state index contributed by atoms with van der Waals surface area (Å²) in [5, 5.41) is 9.85. The molecule has 124 valence electrons. The molecule has 0 saturated carbocycles. The summed E-state index contributed by atoms with van der Waals surface area (Å²) in [6.07, 6.45) is 0.415. The van der Waals surface area contributed by atoms with Crippen molar-refractivity contribution in [1.29, 1.82) is 0 Å². The lowest BCUT2D eigenvalue weighted by Crippen LogP contribution is -2.27. The average molecular weight is 329 g/mol. The fourth-order valence-electron chi connectivity index (χ4n) is 2.60. The third-order valence-electron chi connectivity index (χ3n) is 3.96. The first-order valence-electron chi connectivity index (χ1n) is 7.58. The Labute approximate surface area is 138 Å². The normalized spacial score (nSPS) is 14.6. The largest absolute Gasteiger partial charge is 0.503 e. The van der Waals surface area contributed by atoms with Gasteiger partial charge in [-0.3, -0.25) is 9.59 Å². The Morgan fingerprint density at radius 1 is 1.25 bits per heavy atom. The number of Topliss-reactive ketones (excluding diaryl/α,β-unsaturated/α-hetero) is 1. The van der Waals surface area contributed by atoms with Crippen LogP contribution >= 0.6 is 0 Å². The van der Waals surface area contributed by atoms with Crippen molar-refractivity contribution in [3.05, 3.63) is 70.6 Å². The van der Waals surface area contributed by atoms with Gasteiger partial charge in [-0.2, -0.15) is 0 Å². The minimum absolute atomic E-state index is 0.0459. The van der Waals surface area contributed by atoms with Gasteiger partial charge in [0.25, 0.3) is 5.91 Å². The van der Waals surface area contributed by atoms with E-state index in [1.807, 2.05) is 0 Å². The van der Waals surface area contributed by atoms with Gasteiger partial charge in [-0.1, -0.05) is 12.1 Å². The van der Waals surface area contributed by atoms with Crippen LogP contribution in [0.15, 0.2) is 52.1 Å². The number of aliphatic hydroxyl groups excluding tert-OH is 1. The lowest BCUT2D eigenvalue weighted by molar-refractivity contribution is -0.127. The van der Waals surface area contributed by atoms with E-state index in [1.165, 1.54) is 23.1 Å². The maximum absolute atomic E-state index is 12.9. The molecule has 3 rings (SSSR count). The number of furan rings is 1. The lowest BCUT2D eigenvalue weighted by atomic mass is 10.1. The van der Waals surface area contributed by atoms with Crippen LogP contribution < -0.4 is 0 Å². The molecule has 1 aliphatic heterocycles. The number of ketones is 1. The summed E-state index contributed by atoms with van der Waals surface area (Å²) >= 11 is 0. The molecule has 1 aliphatic rings. The Morgan fingerprint density at radius 3 is 2.58 bits per heavy atom.